The number of nitrogens with one attached hydrogen (secondary N) is 3. The van der Waals surface area contributed by atoms with Crippen LogP contribution in [-0.2, 0) is 9.59 Å². The van der Waals surface area contributed by atoms with Crippen molar-refractivity contribution in [2.75, 3.05) is 25.0 Å². The number of hydrogen-bond acceptors (Lipinski definition) is 3. The summed E-state index contributed by atoms with van der Waals surface area (Å²) in [5.41, 5.74) is 0.430. The van der Waals surface area contributed by atoms with Crippen molar-refractivity contribution in [3.8, 4) is 0 Å². The van der Waals surface area contributed by atoms with Crippen LogP contribution in [0.15, 0.2) is 18.2 Å². The van der Waals surface area contributed by atoms with E-state index in [1.807, 2.05) is 6.92 Å². The van der Waals surface area contributed by atoms with Crippen molar-refractivity contribution in [2.45, 2.75) is 6.92 Å². The summed E-state index contributed by atoms with van der Waals surface area (Å²) in [7, 11) is 0. The van der Waals surface area contributed by atoms with E-state index in [4.69, 9.17) is 23.2 Å². The highest BCUT2D eigenvalue weighted by atomic mass is 35.5. The van der Waals surface area contributed by atoms with E-state index in [0.717, 1.165) is 13.1 Å². The lowest BCUT2D eigenvalue weighted by molar-refractivity contribution is -0.128. The molecule has 0 aliphatic carbocycles. The average molecular weight is 330 g/mol. The van der Waals surface area contributed by atoms with Gasteiger partial charge in [-0.25, -0.2) is 0 Å². The lowest BCUT2D eigenvalue weighted by atomic mass is 9.88. The van der Waals surface area contributed by atoms with E-state index in [9.17, 15) is 9.59 Å². The summed E-state index contributed by atoms with van der Waals surface area (Å²) in [5.74, 6) is -0.218. The van der Waals surface area contributed by atoms with Gasteiger partial charge in [0.2, 0.25) is 11.8 Å². The van der Waals surface area contributed by atoms with Crippen molar-refractivity contribution in [3.05, 3.63) is 28.2 Å². The molecule has 3 N–H and O–H groups in total. The van der Waals surface area contributed by atoms with Gasteiger partial charge < -0.3 is 16.0 Å². The first kappa shape index (κ1) is 16.1. The van der Waals surface area contributed by atoms with Crippen LogP contribution in [0.25, 0.3) is 0 Å². The number of rotatable bonds is 5. The minimum atomic E-state index is -0.341. The molecule has 2 rings (SSSR count). The minimum absolute atomic E-state index is 0.0911. The Balaban J connectivity index is 1.81. The smallest absolute Gasteiger partial charge is 0.243 e. The van der Waals surface area contributed by atoms with E-state index in [2.05, 4.69) is 16.0 Å². The summed E-state index contributed by atoms with van der Waals surface area (Å²) in [6.45, 7) is 3.47. The summed E-state index contributed by atoms with van der Waals surface area (Å²) in [6, 6.07) is 4.80. The molecule has 1 atom stereocenters. The molecule has 0 spiro atoms. The molecule has 0 radical (unpaired) electrons. The number of amides is 2. The molecule has 0 aromatic heterocycles. The molecule has 1 aliphatic rings. The van der Waals surface area contributed by atoms with Crippen molar-refractivity contribution in [2.24, 2.45) is 11.8 Å². The molecule has 1 unspecified atom stereocenters. The summed E-state index contributed by atoms with van der Waals surface area (Å²) in [4.78, 5) is 23.7. The Hall–Kier alpha value is -1.30. The van der Waals surface area contributed by atoms with Gasteiger partial charge in [0.05, 0.1) is 17.3 Å². The lowest BCUT2D eigenvalue weighted by Gasteiger charge is -2.31. The van der Waals surface area contributed by atoms with Crippen molar-refractivity contribution < 1.29 is 9.59 Å². The van der Waals surface area contributed by atoms with Gasteiger partial charge >= 0.3 is 0 Å². The lowest BCUT2D eigenvalue weighted by Crippen LogP contribution is -2.50. The molecule has 1 aromatic carbocycles. The molecule has 1 aromatic rings. The number of hydrogen-bond donors (Lipinski definition) is 3. The van der Waals surface area contributed by atoms with Gasteiger partial charge in [0, 0.05) is 10.9 Å². The second kappa shape index (κ2) is 7.11. The monoisotopic (exact) mass is 329 g/mol. The van der Waals surface area contributed by atoms with Crippen LogP contribution >= 0.6 is 23.2 Å². The Morgan fingerprint density at radius 1 is 1.38 bits per heavy atom. The zero-order valence-corrected chi connectivity index (χ0v) is 13.1. The van der Waals surface area contributed by atoms with Gasteiger partial charge in [-0.15, -0.1) is 0 Å². The Labute approximate surface area is 133 Å². The molecule has 0 bridgehead atoms. The predicted molar refractivity (Wildman–Crippen MR) is 83.6 cm³/mol. The first-order valence-corrected chi connectivity index (χ1v) is 7.46. The normalized spacial score (nSPS) is 16.0. The molecule has 1 saturated heterocycles. The van der Waals surface area contributed by atoms with E-state index in [0.29, 0.717) is 21.7 Å². The summed E-state index contributed by atoms with van der Waals surface area (Å²) < 4.78 is 0. The largest absolute Gasteiger partial charge is 0.347 e. The highest BCUT2D eigenvalue weighted by Crippen LogP contribution is 2.25. The molecular weight excluding hydrogens is 313 g/mol. The van der Waals surface area contributed by atoms with Crippen molar-refractivity contribution >= 4 is 40.7 Å². The predicted octanol–water partition coefficient (Wildman–Crippen LogP) is 1.90. The molecule has 21 heavy (non-hydrogen) atoms. The summed E-state index contributed by atoms with van der Waals surface area (Å²) in [6.07, 6.45) is 0. The van der Waals surface area contributed by atoms with Gasteiger partial charge in [0.15, 0.2) is 0 Å². The summed E-state index contributed by atoms with van der Waals surface area (Å²) in [5, 5.41) is 9.24. The van der Waals surface area contributed by atoms with E-state index < -0.39 is 0 Å². The second-order valence-corrected chi connectivity index (χ2v) is 5.94. The van der Waals surface area contributed by atoms with Gasteiger partial charge in [-0.1, -0.05) is 30.1 Å². The fourth-order valence-electron chi connectivity index (χ4n) is 1.99. The molecule has 1 aliphatic heterocycles. The molecule has 1 fully saturated rings. The van der Waals surface area contributed by atoms with Gasteiger partial charge in [-0.2, -0.15) is 0 Å². The molecule has 114 valence electrons. The standard InChI is InChI=1S/C14H17Cl2N3O2/c1-8(9-5-17-6-9)14(21)18-7-13(20)19-12-4-10(15)2-3-11(12)16/h2-4,8-9,17H,5-7H2,1H3,(H,18,21)(H,19,20). The zero-order chi connectivity index (χ0) is 15.4. The Morgan fingerprint density at radius 3 is 2.71 bits per heavy atom. The number of halogens is 2. The summed E-state index contributed by atoms with van der Waals surface area (Å²) >= 11 is 11.8. The Kier molecular flexibility index (Phi) is 5.45. The van der Waals surface area contributed by atoms with E-state index in [-0.39, 0.29) is 24.3 Å². The van der Waals surface area contributed by atoms with Crippen molar-refractivity contribution in [3.63, 3.8) is 0 Å². The third-order valence-electron chi connectivity index (χ3n) is 3.56. The van der Waals surface area contributed by atoms with Crippen LogP contribution < -0.4 is 16.0 Å². The van der Waals surface area contributed by atoms with E-state index in [1.165, 1.54) is 0 Å². The van der Waals surface area contributed by atoms with Crippen LogP contribution in [0.3, 0.4) is 0 Å². The van der Waals surface area contributed by atoms with Gasteiger partial charge in [0.25, 0.3) is 0 Å². The maximum atomic E-state index is 11.9. The van der Waals surface area contributed by atoms with Crippen LogP contribution in [0, 0.1) is 11.8 Å². The topological polar surface area (TPSA) is 70.2 Å². The van der Waals surface area contributed by atoms with Crippen molar-refractivity contribution in [1.29, 1.82) is 0 Å². The fourth-order valence-corrected chi connectivity index (χ4v) is 2.33. The van der Waals surface area contributed by atoms with E-state index in [1.54, 1.807) is 18.2 Å². The molecule has 0 saturated carbocycles. The maximum Gasteiger partial charge on any atom is 0.243 e. The number of benzene rings is 1. The fraction of sp³-hybridized carbons (Fsp3) is 0.429. The third-order valence-corrected chi connectivity index (χ3v) is 4.12. The number of anilines is 1. The van der Waals surface area contributed by atoms with Crippen LogP contribution in [-0.4, -0.2) is 31.4 Å². The Bertz CT molecular complexity index is 547. The van der Waals surface area contributed by atoms with Crippen LogP contribution in [0.1, 0.15) is 6.92 Å². The van der Waals surface area contributed by atoms with Crippen LogP contribution in [0.2, 0.25) is 10.0 Å². The average Bonchev–Trinajstić information content (AvgIpc) is 2.38. The minimum Gasteiger partial charge on any atom is -0.347 e. The highest BCUT2D eigenvalue weighted by molar-refractivity contribution is 6.35. The Morgan fingerprint density at radius 2 is 2.10 bits per heavy atom. The van der Waals surface area contributed by atoms with E-state index >= 15 is 0 Å². The number of carbonyl (C=O) groups excluding carboxylic acids is 2. The first-order valence-electron chi connectivity index (χ1n) is 6.70. The van der Waals surface area contributed by atoms with Gasteiger partial charge in [0.1, 0.15) is 0 Å². The number of carbonyl (C=O) groups is 2. The van der Waals surface area contributed by atoms with Crippen molar-refractivity contribution in [1.82, 2.24) is 10.6 Å². The van der Waals surface area contributed by atoms with Gasteiger partial charge in [-0.05, 0) is 37.2 Å². The van der Waals surface area contributed by atoms with Gasteiger partial charge in [-0.3, -0.25) is 9.59 Å². The molecule has 2 amide bonds. The molecule has 5 nitrogen and oxygen atoms in total. The van der Waals surface area contributed by atoms with Crippen LogP contribution in [0.4, 0.5) is 5.69 Å². The third kappa shape index (κ3) is 4.33. The highest BCUT2D eigenvalue weighted by Gasteiger charge is 2.28. The first-order chi connectivity index (χ1) is 9.97. The maximum absolute atomic E-state index is 11.9. The molecule has 1 heterocycles. The molecular formula is C14H17Cl2N3O2. The molecule has 7 heteroatoms. The second-order valence-electron chi connectivity index (χ2n) is 5.10. The van der Waals surface area contributed by atoms with Crippen LogP contribution in [0.5, 0.6) is 0 Å². The quantitative estimate of drug-likeness (QED) is 0.772. The SMILES string of the molecule is CC(C(=O)NCC(=O)Nc1cc(Cl)ccc1Cl)C1CNC1. The zero-order valence-electron chi connectivity index (χ0n) is 11.6.